The largest absolute Gasteiger partial charge is 0.468 e. The van der Waals surface area contributed by atoms with Gasteiger partial charge in [-0.05, 0) is 42.4 Å². The van der Waals surface area contributed by atoms with E-state index in [1.807, 2.05) is 25.1 Å². The zero-order valence-electron chi connectivity index (χ0n) is 10.3. The molecular weight excluding hydrogens is 249 g/mol. The molecule has 0 radical (unpaired) electrons. The molecule has 2 aromatic rings. The van der Waals surface area contributed by atoms with Gasteiger partial charge in [-0.15, -0.1) is 11.8 Å². The average molecular weight is 265 g/mol. The minimum absolute atomic E-state index is 0.190. The molecule has 0 amide bonds. The van der Waals surface area contributed by atoms with Gasteiger partial charge in [-0.1, -0.05) is 6.92 Å². The summed E-state index contributed by atoms with van der Waals surface area (Å²) in [6.45, 7) is 3.60. The number of nitrogens with one attached hydrogen (secondary N) is 1. The van der Waals surface area contributed by atoms with Crippen LogP contribution < -0.4 is 5.32 Å². The molecule has 0 atom stereocenters. The first kappa shape index (κ1) is 13.2. The molecule has 18 heavy (non-hydrogen) atoms. The molecule has 0 saturated heterocycles. The minimum Gasteiger partial charge on any atom is -0.468 e. The summed E-state index contributed by atoms with van der Waals surface area (Å²) in [6.07, 6.45) is 1.67. The maximum Gasteiger partial charge on any atom is 0.123 e. The van der Waals surface area contributed by atoms with Crippen LogP contribution in [0.15, 0.2) is 45.9 Å². The van der Waals surface area contributed by atoms with E-state index in [1.54, 1.807) is 24.1 Å². The Balaban J connectivity index is 2.05. The van der Waals surface area contributed by atoms with Gasteiger partial charge in [-0.2, -0.15) is 0 Å². The van der Waals surface area contributed by atoms with Crippen LogP contribution in [0.25, 0.3) is 0 Å². The Morgan fingerprint density at radius 3 is 2.94 bits per heavy atom. The third-order valence-corrected chi connectivity index (χ3v) is 3.68. The van der Waals surface area contributed by atoms with Crippen molar-refractivity contribution in [1.29, 1.82) is 0 Å². The maximum absolute atomic E-state index is 13.2. The lowest BCUT2D eigenvalue weighted by atomic mass is 10.2. The molecule has 0 unspecified atom stereocenters. The molecule has 1 heterocycles. The predicted octanol–water partition coefficient (Wildman–Crippen LogP) is 3.82. The number of rotatable bonds is 6. The first-order valence-corrected chi connectivity index (χ1v) is 6.92. The average Bonchev–Trinajstić information content (AvgIpc) is 2.88. The van der Waals surface area contributed by atoms with Crippen LogP contribution in [0.4, 0.5) is 4.39 Å². The lowest BCUT2D eigenvalue weighted by Crippen LogP contribution is -2.12. The van der Waals surface area contributed by atoms with E-state index in [0.29, 0.717) is 6.54 Å². The molecule has 2 rings (SSSR count). The van der Waals surface area contributed by atoms with Crippen molar-refractivity contribution in [3.8, 4) is 0 Å². The number of benzene rings is 1. The van der Waals surface area contributed by atoms with Gasteiger partial charge >= 0.3 is 0 Å². The molecular formula is C14H16FNOS. The Bertz CT molecular complexity index is 485. The van der Waals surface area contributed by atoms with Gasteiger partial charge in [-0.3, -0.25) is 0 Å². The van der Waals surface area contributed by atoms with Gasteiger partial charge in [0.1, 0.15) is 11.6 Å². The summed E-state index contributed by atoms with van der Waals surface area (Å²) in [5.74, 6) is 1.50. The smallest absolute Gasteiger partial charge is 0.123 e. The second-order valence-electron chi connectivity index (χ2n) is 3.90. The number of halogens is 1. The molecule has 2 nitrogen and oxygen atoms in total. The van der Waals surface area contributed by atoms with Crippen LogP contribution >= 0.6 is 11.8 Å². The van der Waals surface area contributed by atoms with Crippen molar-refractivity contribution >= 4 is 11.8 Å². The zero-order valence-corrected chi connectivity index (χ0v) is 11.1. The van der Waals surface area contributed by atoms with E-state index in [4.69, 9.17) is 4.42 Å². The lowest BCUT2D eigenvalue weighted by molar-refractivity contribution is 0.530. The van der Waals surface area contributed by atoms with E-state index >= 15 is 0 Å². The van der Waals surface area contributed by atoms with E-state index in [1.165, 1.54) is 6.07 Å². The molecule has 0 bridgehead atoms. The first-order valence-electron chi connectivity index (χ1n) is 5.94. The van der Waals surface area contributed by atoms with Crippen molar-refractivity contribution in [1.82, 2.24) is 5.32 Å². The summed E-state index contributed by atoms with van der Waals surface area (Å²) in [7, 11) is 0. The molecule has 0 saturated carbocycles. The quantitative estimate of drug-likeness (QED) is 0.804. The van der Waals surface area contributed by atoms with Crippen molar-refractivity contribution in [2.45, 2.75) is 24.1 Å². The molecule has 0 fully saturated rings. The van der Waals surface area contributed by atoms with Gasteiger partial charge in [0.05, 0.1) is 12.0 Å². The van der Waals surface area contributed by atoms with E-state index in [0.717, 1.165) is 28.5 Å². The van der Waals surface area contributed by atoms with Gasteiger partial charge in [-0.25, -0.2) is 4.39 Å². The second-order valence-corrected chi connectivity index (χ2v) is 4.92. The third-order valence-electron chi connectivity index (χ3n) is 2.54. The summed E-state index contributed by atoms with van der Waals surface area (Å²) in [5, 5.41) is 3.22. The Morgan fingerprint density at radius 1 is 1.33 bits per heavy atom. The van der Waals surface area contributed by atoms with Crippen LogP contribution in [0.1, 0.15) is 18.2 Å². The molecule has 0 aliphatic rings. The highest BCUT2D eigenvalue weighted by molar-refractivity contribution is 7.98. The van der Waals surface area contributed by atoms with Crippen molar-refractivity contribution < 1.29 is 8.81 Å². The summed E-state index contributed by atoms with van der Waals surface area (Å²) in [6, 6.07) is 8.74. The summed E-state index contributed by atoms with van der Waals surface area (Å²) in [4.78, 5) is 1.09. The standard InChI is InChI=1S/C14H16FNOS/c1-2-16-9-11-8-12(15)5-6-14(11)18-10-13-4-3-7-17-13/h3-8,16H,2,9-10H2,1H3. The molecule has 0 aliphatic heterocycles. The molecule has 1 aromatic carbocycles. The van der Waals surface area contributed by atoms with E-state index in [-0.39, 0.29) is 5.82 Å². The fourth-order valence-corrected chi connectivity index (χ4v) is 2.57. The molecule has 4 heteroatoms. The summed E-state index contributed by atoms with van der Waals surface area (Å²) >= 11 is 1.66. The second kappa shape index (κ2) is 6.61. The summed E-state index contributed by atoms with van der Waals surface area (Å²) < 4.78 is 18.5. The van der Waals surface area contributed by atoms with Crippen LogP contribution in [-0.2, 0) is 12.3 Å². The van der Waals surface area contributed by atoms with Gasteiger partial charge in [0.15, 0.2) is 0 Å². The van der Waals surface area contributed by atoms with Crippen molar-refractivity contribution in [2.24, 2.45) is 0 Å². The third kappa shape index (κ3) is 3.62. The van der Waals surface area contributed by atoms with Crippen LogP contribution in [0, 0.1) is 5.82 Å². The number of hydrogen-bond acceptors (Lipinski definition) is 3. The highest BCUT2D eigenvalue weighted by Gasteiger charge is 2.06. The van der Waals surface area contributed by atoms with Gasteiger partial charge < -0.3 is 9.73 Å². The maximum atomic E-state index is 13.2. The van der Waals surface area contributed by atoms with Gasteiger partial charge in [0, 0.05) is 11.4 Å². The topological polar surface area (TPSA) is 25.2 Å². The van der Waals surface area contributed by atoms with Crippen LogP contribution in [0.2, 0.25) is 0 Å². The molecule has 0 spiro atoms. The molecule has 1 aromatic heterocycles. The molecule has 0 aliphatic carbocycles. The van der Waals surface area contributed by atoms with Crippen molar-refractivity contribution in [3.63, 3.8) is 0 Å². The van der Waals surface area contributed by atoms with E-state index in [9.17, 15) is 4.39 Å². The highest BCUT2D eigenvalue weighted by atomic mass is 32.2. The fraction of sp³-hybridized carbons (Fsp3) is 0.286. The first-order chi connectivity index (χ1) is 8.79. The Hall–Kier alpha value is -1.26. The zero-order chi connectivity index (χ0) is 12.8. The van der Waals surface area contributed by atoms with Crippen LogP contribution in [-0.4, -0.2) is 6.54 Å². The van der Waals surface area contributed by atoms with Gasteiger partial charge in [0.2, 0.25) is 0 Å². The van der Waals surface area contributed by atoms with E-state index < -0.39 is 0 Å². The monoisotopic (exact) mass is 265 g/mol. The highest BCUT2D eigenvalue weighted by Crippen LogP contribution is 2.27. The lowest BCUT2D eigenvalue weighted by Gasteiger charge is -2.09. The van der Waals surface area contributed by atoms with Crippen molar-refractivity contribution in [3.05, 3.63) is 53.7 Å². The van der Waals surface area contributed by atoms with E-state index in [2.05, 4.69) is 5.32 Å². The number of hydrogen-bond donors (Lipinski definition) is 1. The van der Waals surface area contributed by atoms with Crippen molar-refractivity contribution in [2.75, 3.05) is 6.54 Å². The Kier molecular flexibility index (Phi) is 4.84. The Morgan fingerprint density at radius 2 is 2.22 bits per heavy atom. The minimum atomic E-state index is -0.190. The fourth-order valence-electron chi connectivity index (χ4n) is 1.63. The normalized spacial score (nSPS) is 10.8. The summed E-state index contributed by atoms with van der Waals surface area (Å²) in [5.41, 5.74) is 0.994. The number of furan rings is 1. The molecule has 1 N–H and O–H groups in total. The van der Waals surface area contributed by atoms with Crippen LogP contribution in [0.5, 0.6) is 0 Å². The van der Waals surface area contributed by atoms with Gasteiger partial charge in [0.25, 0.3) is 0 Å². The number of thioether (sulfide) groups is 1. The predicted molar refractivity (Wildman–Crippen MR) is 72.0 cm³/mol. The SMILES string of the molecule is CCNCc1cc(F)ccc1SCc1ccco1. The Labute approximate surface area is 111 Å². The van der Waals surface area contributed by atoms with Crippen LogP contribution in [0.3, 0.4) is 0 Å². The molecule has 96 valence electrons.